The number of ether oxygens (including phenoxy) is 4. The first-order valence-corrected chi connectivity index (χ1v) is 9.82. The lowest BCUT2D eigenvalue weighted by molar-refractivity contribution is -0.158. The van der Waals surface area contributed by atoms with Gasteiger partial charge in [-0.15, -0.1) is 0 Å². The van der Waals surface area contributed by atoms with Gasteiger partial charge in [0.1, 0.15) is 24.3 Å². The molecule has 0 radical (unpaired) electrons. The van der Waals surface area contributed by atoms with Crippen molar-refractivity contribution in [3.8, 4) is 0 Å². The highest BCUT2D eigenvalue weighted by Crippen LogP contribution is 2.31. The van der Waals surface area contributed by atoms with E-state index in [9.17, 15) is 14.4 Å². The molecule has 2 rings (SSSR count). The maximum Gasteiger partial charge on any atom is 0.329 e. The van der Waals surface area contributed by atoms with Gasteiger partial charge in [0.25, 0.3) is 0 Å². The van der Waals surface area contributed by atoms with Crippen molar-refractivity contribution in [1.29, 1.82) is 0 Å². The van der Waals surface area contributed by atoms with Crippen LogP contribution >= 0.6 is 0 Å². The van der Waals surface area contributed by atoms with Crippen LogP contribution in [-0.2, 0) is 33.3 Å². The molecule has 28 heavy (non-hydrogen) atoms. The van der Waals surface area contributed by atoms with E-state index in [1.165, 1.54) is 0 Å². The SMILES string of the molecule is CC(C)CC(N)C(=O)O[C@H]1COC2C1OC[C@H]2OC(=O)C(CC(C)C)NC=O. The summed E-state index contributed by atoms with van der Waals surface area (Å²) in [5.41, 5.74) is 5.87. The standard InChI is InChI=1S/C19H32N2O7/c1-10(2)5-12(20)18(23)27-14-7-25-17-15(8-26-16(14)17)28-19(24)13(21-9-22)6-11(3)4/h9-17H,5-8,20H2,1-4H3,(H,21,22)/t12?,13?,14-,15+,16?,17?/m0/s1. The Morgan fingerprint density at radius 3 is 1.96 bits per heavy atom. The number of hydrogen-bond acceptors (Lipinski definition) is 8. The highest BCUT2D eigenvalue weighted by atomic mass is 16.7. The molecule has 0 aromatic carbocycles. The molecule has 0 bridgehead atoms. The van der Waals surface area contributed by atoms with Crippen LogP contribution in [0.5, 0.6) is 0 Å². The molecule has 1 amide bonds. The van der Waals surface area contributed by atoms with Gasteiger partial charge in [-0.3, -0.25) is 9.59 Å². The lowest BCUT2D eigenvalue weighted by Crippen LogP contribution is -2.43. The molecule has 0 aromatic heterocycles. The van der Waals surface area contributed by atoms with E-state index in [1.807, 2.05) is 27.7 Å². The molecule has 2 aliphatic rings. The van der Waals surface area contributed by atoms with Crippen LogP contribution in [0.1, 0.15) is 40.5 Å². The Morgan fingerprint density at radius 2 is 1.50 bits per heavy atom. The van der Waals surface area contributed by atoms with Crippen molar-refractivity contribution in [3.05, 3.63) is 0 Å². The molecule has 160 valence electrons. The number of rotatable bonds is 10. The van der Waals surface area contributed by atoms with Gasteiger partial charge in [-0.2, -0.15) is 0 Å². The lowest BCUT2D eigenvalue weighted by atomic mass is 10.0. The summed E-state index contributed by atoms with van der Waals surface area (Å²) in [6, 6.07) is -1.42. The van der Waals surface area contributed by atoms with Crippen molar-refractivity contribution in [2.45, 2.75) is 77.0 Å². The minimum Gasteiger partial charge on any atom is -0.456 e. The number of fused-ring (bicyclic) bond motifs is 1. The van der Waals surface area contributed by atoms with Gasteiger partial charge < -0.3 is 30.0 Å². The van der Waals surface area contributed by atoms with E-state index in [1.54, 1.807) is 0 Å². The zero-order valence-corrected chi connectivity index (χ0v) is 17.0. The fraction of sp³-hybridized carbons (Fsp3) is 0.842. The number of esters is 2. The number of nitrogens with one attached hydrogen (secondary N) is 1. The van der Waals surface area contributed by atoms with Gasteiger partial charge in [-0.1, -0.05) is 27.7 Å². The topological polar surface area (TPSA) is 126 Å². The second-order valence-electron chi connectivity index (χ2n) is 8.25. The van der Waals surface area contributed by atoms with Crippen LogP contribution in [-0.4, -0.2) is 68.1 Å². The second kappa shape index (κ2) is 10.2. The summed E-state index contributed by atoms with van der Waals surface area (Å²) in [7, 11) is 0. The van der Waals surface area contributed by atoms with Gasteiger partial charge in [-0.05, 0) is 24.7 Å². The molecule has 9 nitrogen and oxygen atoms in total. The molecule has 6 atom stereocenters. The monoisotopic (exact) mass is 400 g/mol. The van der Waals surface area contributed by atoms with Gasteiger partial charge in [0.05, 0.1) is 13.2 Å². The lowest BCUT2D eigenvalue weighted by Gasteiger charge is -2.22. The molecule has 9 heteroatoms. The Labute approximate surface area is 165 Å². The molecule has 0 aliphatic carbocycles. The average Bonchev–Trinajstić information content (AvgIpc) is 3.17. The maximum atomic E-state index is 12.4. The third kappa shape index (κ3) is 5.89. The third-order valence-corrected chi connectivity index (χ3v) is 4.79. The average molecular weight is 400 g/mol. The molecule has 2 fully saturated rings. The van der Waals surface area contributed by atoms with Crippen molar-refractivity contribution >= 4 is 18.3 Å². The largest absolute Gasteiger partial charge is 0.456 e. The summed E-state index contributed by atoms with van der Waals surface area (Å²) >= 11 is 0. The first-order valence-electron chi connectivity index (χ1n) is 9.82. The number of carbonyl (C=O) groups excluding carboxylic acids is 3. The fourth-order valence-electron chi connectivity index (χ4n) is 3.49. The summed E-state index contributed by atoms with van der Waals surface area (Å²) in [5.74, 6) is -0.531. The maximum absolute atomic E-state index is 12.4. The van der Waals surface area contributed by atoms with Crippen molar-refractivity contribution in [1.82, 2.24) is 5.32 Å². The van der Waals surface area contributed by atoms with E-state index in [-0.39, 0.29) is 25.0 Å². The predicted molar refractivity (Wildman–Crippen MR) is 99.1 cm³/mol. The Morgan fingerprint density at radius 1 is 1.00 bits per heavy atom. The molecular formula is C19H32N2O7. The van der Waals surface area contributed by atoms with Crippen LogP contribution in [0.15, 0.2) is 0 Å². The van der Waals surface area contributed by atoms with E-state index < -0.39 is 48.4 Å². The molecule has 2 heterocycles. The van der Waals surface area contributed by atoms with E-state index >= 15 is 0 Å². The van der Waals surface area contributed by atoms with E-state index in [0.717, 1.165) is 0 Å². The van der Waals surface area contributed by atoms with Gasteiger partial charge in [0.2, 0.25) is 6.41 Å². The number of hydrogen-bond donors (Lipinski definition) is 2. The Kier molecular flexibility index (Phi) is 8.21. The minimum absolute atomic E-state index is 0.142. The van der Waals surface area contributed by atoms with Crippen molar-refractivity contribution < 1.29 is 33.3 Å². The third-order valence-electron chi connectivity index (χ3n) is 4.79. The number of amides is 1. The molecule has 2 saturated heterocycles. The summed E-state index contributed by atoms with van der Waals surface area (Å²) in [5, 5.41) is 2.49. The van der Waals surface area contributed by atoms with E-state index in [4.69, 9.17) is 24.7 Å². The molecule has 0 spiro atoms. The van der Waals surface area contributed by atoms with Gasteiger partial charge in [0, 0.05) is 0 Å². The first kappa shape index (κ1) is 22.6. The number of carbonyl (C=O) groups is 3. The Hall–Kier alpha value is -1.71. The summed E-state index contributed by atoms with van der Waals surface area (Å²) in [6.45, 7) is 8.16. The van der Waals surface area contributed by atoms with Crippen LogP contribution in [0.4, 0.5) is 0 Å². The molecule has 2 aliphatic heterocycles. The molecule has 0 aromatic rings. The van der Waals surface area contributed by atoms with Gasteiger partial charge in [0.15, 0.2) is 12.2 Å². The summed E-state index contributed by atoms with van der Waals surface area (Å²) in [6.07, 6.45) is -0.733. The second-order valence-corrected chi connectivity index (χ2v) is 8.25. The zero-order valence-electron chi connectivity index (χ0n) is 17.0. The fourth-order valence-corrected chi connectivity index (χ4v) is 3.49. The van der Waals surface area contributed by atoms with Gasteiger partial charge >= 0.3 is 11.9 Å². The molecular weight excluding hydrogens is 368 g/mol. The molecule has 0 saturated carbocycles. The Balaban J connectivity index is 1.89. The predicted octanol–water partition coefficient (Wildman–Crippen LogP) is 0.142. The molecule has 3 N–H and O–H groups in total. The van der Waals surface area contributed by atoms with Crippen LogP contribution in [0.3, 0.4) is 0 Å². The quantitative estimate of drug-likeness (QED) is 0.392. The summed E-state index contributed by atoms with van der Waals surface area (Å²) < 4.78 is 22.3. The Bertz CT molecular complexity index is 554. The van der Waals surface area contributed by atoms with Crippen LogP contribution in [0.2, 0.25) is 0 Å². The minimum atomic E-state index is -0.722. The van der Waals surface area contributed by atoms with Crippen molar-refractivity contribution in [2.75, 3.05) is 13.2 Å². The zero-order chi connectivity index (χ0) is 20.8. The van der Waals surface area contributed by atoms with Crippen LogP contribution in [0, 0.1) is 11.8 Å². The highest BCUT2D eigenvalue weighted by Gasteiger charge is 2.51. The van der Waals surface area contributed by atoms with E-state index in [0.29, 0.717) is 19.3 Å². The van der Waals surface area contributed by atoms with Crippen LogP contribution in [0.25, 0.3) is 0 Å². The van der Waals surface area contributed by atoms with Crippen molar-refractivity contribution in [3.63, 3.8) is 0 Å². The highest BCUT2D eigenvalue weighted by molar-refractivity contribution is 5.78. The smallest absolute Gasteiger partial charge is 0.329 e. The van der Waals surface area contributed by atoms with E-state index in [2.05, 4.69) is 5.32 Å². The summed E-state index contributed by atoms with van der Waals surface area (Å²) in [4.78, 5) is 35.3. The normalized spacial score (nSPS) is 28.7. The molecule has 4 unspecified atom stereocenters. The van der Waals surface area contributed by atoms with Crippen molar-refractivity contribution in [2.24, 2.45) is 17.6 Å². The van der Waals surface area contributed by atoms with Crippen LogP contribution < -0.4 is 11.1 Å². The first-order chi connectivity index (χ1) is 13.2. The number of nitrogens with two attached hydrogens (primary N) is 1. The van der Waals surface area contributed by atoms with Gasteiger partial charge in [-0.25, -0.2) is 4.79 Å².